The number of rotatable bonds is 3. The Morgan fingerprint density at radius 3 is 2.63 bits per heavy atom. The lowest BCUT2D eigenvalue weighted by atomic mass is 9.81. The van der Waals surface area contributed by atoms with Crippen molar-refractivity contribution in [1.82, 2.24) is 0 Å². The average Bonchev–Trinajstić information content (AvgIpc) is 3.13. The van der Waals surface area contributed by atoms with Gasteiger partial charge in [-0.05, 0) is 23.8 Å². The van der Waals surface area contributed by atoms with Gasteiger partial charge in [-0.15, -0.1) is 0 Å². The van der Waals surface area contributed by atoms with Gasteiger partial charge in [-0.1, -0.05) is 35.0 Å². The van der Waals surface area contributed by atoms with Crippen LogP contribution in [-0.2, 0) is 9.63 Å². The minimum Gasteiger partial charge on any atom is -0.493 e. The zero-order valence-corrected chi connectivity index (χ0v) is 15.4. The van der Waals surface area contributed by atoms with Gasteiger partial charge < -0.3 is 24.7 Å². The molecule has 0 fully saturated rings. The largest absolute Gasteiger partial charge is 0.493 e. The second-order valence-corrected chi connectivity index (χ2v) is 6.76. The lowest BCUT2D eigenvalue weighted by Gasteiger charge is -2.36. The molecule has 2 atom stereocenters. The van der Waals surface area contributed by atoms with Crippen LogP contribution in [0.5, 0.6) is 11.5 Å². The maximum absolute atomic E-state index is 12.9. The van der Waals surface area contributed by atoms with Crippen LogP contribution in [0.25, 0.3) is 0 Å². The van der Waals surface area contributed by atoms with E-state index in [4.69, 9.17) is 25.9 Å². The van der Waals surface area contributed by atoms with Crippen LogP contribution in [0.15, 0.2) is 41.6 Å². The Kier molecular flexibility index (Phi) is 4.20. The van der Waals surface area contributed by atoms with Crippen LogP contribution in [-0.4, -0.2) is 36.5 Å². The van der Waals surface area contributed by atoms with Crippen LogP contribution in [0, 0.1) is 0 Å². The number of halogens is 1. The summed E-state index contributed by atoms with van der Waals surface area (Å²) in [6.45, 7) is 0. The Hall–Kier alpha value is -2.77. The van der Waals surface area contributed by atoms with Crippen LogP contribution in [0.1, 0.15) is 23.7 Å². The van der Waals surface area contributed by atoms with Crippen molar-refractivity contribution < 1.29 is 24.2 Å². The zero-order chi connectivity index (χ0) is 19.2. The third kappa shape index (κ3) is 2.62. The van der Waals surface area contributed by atoms with Gasteiger partial charge in [-0.25, -0.2) is 0 Å². The van der Waals surface area contributed by atoms with Crippen molar-refractivity contribution in [2.45, 2.75) is 18.1 Å². The molecule has 27 heavy (non-hydrogen) atoms. The van der Waals surface area contributed by atoms with E-state index in [9.17, 15) is 9.90 Å². The molecule has 1 spiro atoms. The number of nitrogens with one attached hydrogen (secondary N) is 1. The summed E-state index contributed by atoms with van der Waals surface area (Å²) in [6, 6.07) is 10.4. The fourth-order valence-corrected chi connectivity index (χ4v) is 3.53. The molecular formula is C19H17ClN2O5. The van der Waals surface area contributed by atoms with Gasteiger partial charge in [0, 0.05) is 17.0 Å². The van der Waals surface area contributed by atoms with E-state index in [-0.39, 0.29) is 6.42 Å². The molecule has 0 bridgehead atoms. The number of hydrogen-bond acceptors (Lipinski definition) is 6. The molecule has 7 nitrogen and oxygen atoms in total. The Morgan fingerprint density at radius 2 is 1.96 bits per heavy atom. The molecule has 2 aliphatic heterocycles. The van der Waals surface area contributed by atoms with E-state index in [2.05, 4.69) is 10.5 Å². The van der Waals surface area contributed by atoms with Crippen LogP contribution < -0.4 is 14.8 Å². The van der Waals surface area contributed by atoms with Crippen molar-refractivity contribution in [2.75, 3.05) is 19.5 Å². The van der Waals surface area contributed by atoms with Gasteiger partial charge in [0.25, 0.3) is 11.5 Å². The zero-order valence-electron chi connectivity index (χ0n) is 14.7. The highest BCUT2D eigenvalue weighted by Crippen LogP contribution is 2.49. The molecule has 2 aromatic carbocycles. The third-order valence-electron chi connectivity index (χ3n) is 4.86. The second-order valence-electron chi connectivity index (χ2n) is 6.32. The highest BCUT2D eigenvalue weighted by molar-refractivity contribution is 6.30. The normalized spacial score (nSPS) is 23.3. The van der Waals surface area contributed by atoms with Crippen molar-refractivity contribution in [2.24, 2.45) is 5.16 Å². The van der Waals surface area contributed by atoms with Crippen molar-refractivity contribution >= 4 is 28.9 Å². The molecule has 2 aliphatic rings. The van der Waals surface area contributed by atoms with E-state index in [1.54, 1.807) is 36.4 Å². The molecule has 0 aliphatic carbocycles. The fraction of sp³-hybridized carbons (Fsp3) is 0.263. The lowest BCUT2D eigenvalue weighted by molar-refractivity contribution is -0.156. The van der Waals surface area contributed by atoms with Gasteiger partial charge in [0.1, 0.15) is 6.10 Å². The minimum absolute atomic E-state index is 0.120. The summed E-state index contributed by atoms with van der Waals surface area (Å²) in [5.74, 6) is 0.293. The van der Waals surface area contributed by atoms with E-state index in [0.717, 1.165) is 5.56 Å². The summed E-state index contributed by atoms with van der Waals surface area (Å²) in [5.41, 5.74) is 0.629. The first kappa shape index (κ1) is 17.6. The molecular weight excluding hydrogens is 372 g/mol. The number of anilines is 1. The first-order chi connectivity index (χ1) is 13.0. The highest BCUT2D eigenvalue weighted by Gasteiger charge is 2.57. The van der Waals surface area contributed by atoms with E-state index in [1.807, 2.05) is 0 Å². The van der Waals surface area contributed by atoms with Crippen molar-refractivity contribution in [3.63, 3.8) is 0 Å². The smallest absolute Gasteiger partial charge is 0.275 e. The summed E-state index contributed by atoms with van der Waals surface area (Å²) in [5, 5.41) is 18.4. The van der Waals surface area contributed by atoms with Gasteiger partial charge in [-0.2, -0.15) is 0 Å². The molecule has 0 saturated carbocycles. The van der Waals surface area contributed by atoms with Crippen molar-refractivity contribution in [3.05, 3.63) is 52.5 Å². The number of ether oxygens (including phenoxy) is 2. The second kappa shape index (κ2) is 6.44. The van der Waals surface area contributed by atoms with Crippen molar-refractivity contribution in [1.29, 1.82) is 0 Å². The number of aliphatic hydroxyl groups is 1. The van der Waals surface area contributed by atoms with Gasteiger partial charge in [0.15, 0.2) is 11.5 Å². The fourth-order valence-electron chi connectivity index (χ4n) is 3.41. The number of carbonyl (C=O) groups excluding carboxylic acids is 1. The van der Waals surface area contributed by atoms with E-state index >= 15 is 0 Å². The van der Waals surface area contributed by atoms with Crippen molar-refractivity contribution in [3.8, 4) is 11.5 Å². The number of hydrogen-bond donors (Lipinski definition) is 2. The Balaban J connectivity index is 1.71. The predicted octanol–water partition coefficient (Wildman–Crippen LogP) is 2.91. The van der Waals surface area contributed by atoms with Crippen LogP contribution in [0.4, 0.5) is 5.69 Å². The van der Waals surface area contributed by atoms with E-state index < -0.39 is 17.6 Å². The van der Waals surface area contributed by atoms with E-state index in [0.29, 0.717) is 33.5 Å². The molecule has 2 N–H and O–H groups in total. The summed E-state index contributed by atoms with van der Waals surface area (Å²) in [4.78, 5) is 18.4. The molecule has 0 radical (unpaired) electrons. The molecule has 8 heteroatoms. The Labute approximate surface area is 160 Å². The summed E-state index contributed by atoms with van der Waals surface area (Å²) < 4.78 is 10.6. The molecule has 0 saturated heterocycles. The summed E-state index contributed by atoms with van der Waals surface area (Å²) in [7, 11) is 2.97. The molecule has 140 valence electrons. The van der Waals surface area contributed by atoms with Gasteiger partial charge >= 0.3 is 0 Å². The number of benzene rings is 2. The maximum atomic E-state index is 12.9. The summed E-state index contributed by atoms with van der Waals surface area (Å²) in [6.07, 6.45) is -1.11. The minimum atomic E-state index is -1.54. The first-order valence-electron chi connectivity index (χ1n) is 8.25. The molecule has 4 rings (SSSR count). The number of oxime groups is 1. The van der Waals surface area contributed by atoms with Crippen LogP contribution in [0.2, 0.25) is 5.02 Å². The maximum Gasteiger partial charge on any atom is 0.275 e. The number of aliphatic hydroxyl groups excluding tert-OH is 1. The molecule has 2 heterocycles. The molecule has 0 unspecified atom stereocenters. The summed E-state index contributed by atoms with van der Waals surface area (Å²) >= 11 is 5.92. The topological polar surface area (TPSA) is 89.4 Å². The predicted molar refractivity (Wildman–Crippen MR) is 99.6 cm³/mol. The number of fused-ring (bicyclic) bond motifs is 1. The number of carbonyl (C=O) groups is 1. The Morgan fingerprint density at radius 1 is 1.22 bits per heavy atom. The average molecular weight is 389 g/mol. The number of nitrogens with zero attached hydrogens (tertiary/aromatic N) is 1. The van der Waals surface area contributed by atoms with Gasteiger partial charge in [0.05, 0.1) is 25.6 Å². The van der Waals surface area contributed by atoms with Gasteiger partial charge in [0.2, 0.25) is 0 Å². The van der Waals surface area contributed by atoms with Crippen LogP contribution >= 0.6 is 11.6 Å². The Bertz CT molecular complexity index is 944. The molecule has 1 amide bonds. The number of methoxy groups -OCH3 is 2. The van der Waals surface area contributed by atoms with Gasteiger partial charge in [-0.3, -0.25) is 4.79 Å². The third-order valence-corrected chi connectivity index (χ3v) is 5.12. The first-order valence-corrected chi connectivity index (χ1v) is 8.63. The standard InChI is InChI=1S/C19H17ClN2O5/c1-25-14-8-7-12-15(16(14)26-2)21-18(24)19(17(12)23)9-13(22-27-19)10-3-5-11(20)6-4-10/h3-8,17,23H,9H2,1-2H3,(H,21,24)/t17-,19-/m1/s1. The number of amides is 1. The van der Waals surface area contributed by atoms with Crippen LogP contribution in [0.3, 0.4) is 0 Å². The quantitative estimate of drug-likeness (QED) is 0.843. The van der Waals surface area contributed by atoms with E-state index in [1.165, 1.54) is 14.2 Å². The molecule has 2 aromatic rings. The monoisotopic (exact) mass is 388 g/mol. The SMILES string of the molecule is COc1ccc2c(c1OC)NC(=O)[C@@]1(CC(c3ccc(Cl)cc3)=NO1)[C@@H]2O. The highest BCUT2D eigenvalue weighted by atomic mass is 35.5. The lowest BCUT2D eigenvalue weighted by Crippen LogP contribution is -2.51. The molecule has 0 aromatic heterocycles.